The average Bonchev–Trinajstić information content (AvgIpc) is 2.85. The van der Waals surface area contributed by atoms with E-state index in [2.05, 4.69) is 22.2 Å². The fraction of sp³-hybridized carbons (Fsp3) is 0.714. The summed E-state index contributed by atoms with van der Waals surface area (Å²) in [4.78, 5) is 8.86. The second-order valence-corrected chi connectivity index (χ2v) is 5.53. The van der Waals surface area contributed by atoms with E-state index in [1.54, 1.807) is 0 Å². The quantitative estimate of drug-likeness (QED) is 0.811. The topological polar surface area (TPSA) is 47.0 Å². The third-order valence-corrected chi connectivity index (χ3v) is 3.99. The first-order valence-electron chi connectivity index (χ1n) is 7.00. The maximum absolute atomic E-state index is 6.13. The van der Waals surface area contributed by atoms with Crippen molar-refractivity contribution in [1.82, 2.24) is 9.97 Å². The molecule has 0 bridgehead atoms. The van der Waals surface area contributed by atoms with Gasteiger partial charge in [0.05, 0.1) is 12.1 Å². The van der Waals surface area contributed by atoms with Crippen LogP contribution < -0.4 is 10.1 Å². The smallest absolute Gasteiger partial charge is 0.226 e. The minimum Gasteiger partial charge on any atom is -0.478 e. The minimum atomic E-state index is -0.0443. The molecule has 19 heavy (non-hydrogen) atoms. The van der Waals surface area contributed by atoms with Crippen LogP contribution in [0.25, 0.3) is 0 Å². The molecule has 0 atom stereocenters. The molecule has 106 valence electrons. The van der Waals surface area contributed by atoms with Crippen molar-refractivity contribution in [2.24, 2.45) is 0 Å². The lowest BCUT2D eigenvalue weighted by molar-refractivity contribution is 0.304. The number of nitrogens with zero attached hydrogens (tertiary/aromatic N) is 2. The molecule has 0 unspecified atom stereocenters. The van der Waals surface area contributed by atoms with Crippen molar-refractivity contribution < 1.29 is 4.74 Å². The van der Waals surface area contributed by atoms with E-state index in [9.17, 15) is 0 Å². The van der Waals surface area contributed by atoms with Crippen molar-refractivity contribution in [2.45, 2.75) is 51.5 Å². The van der Waals surface area contributed by atoms with Gasteiger partial charge >= 0.3 is 0 Å². The molecule has 0 spiro atoms. The Balaban J connectivity index is 2.12. The van der Waals surface area contributed by atoms with Crippen LogP contribution in [-0.2, 0) is 0 Å². The zero-order chi connectivity index (χ0) is 13.7. The standard InChI is InChI=1S/C14H22ClN3O/c1-3-8-19-12-9-11(2)16-13(17-12)18-14(10-15)6-4-5-7-14/h9H,3-8,10H2,1-2H3,(H,16,17,18). The number of hydrogen-bond donors (Lipinski definition) is 1. The molecule has 1 aromatic heterocycles. The largest absolute Gasteiger partial charge is 0.478 e. The number of rotatable bonds is 6. The maximum Gasteiger partial charge on any atom is 0.226 e. The molecular formula is C14H22ClN3O. The number of alkyl halides is 1. The van der Waals surface area contributed by atoms with E-state index in [0.717, 1.165) is 25.0 Å². The first-order valence-corrected chi connectivity index (χ1v) is 7.53. The van der Waals surface area contributed by atoms with Crippen molar-refractivity contribution in [3.8, 4) is 5.88 Å². The van der Waals surface area contributed by atoms with Gasteiger partial charge in [0, 0.05) is 17.6 Å². The SMILES string of the molecule is CCCOc1cc(C)nc(NC2(CCl)CCCC2)n1. The normalized spacial score (nSPS) is 17.4. The Kier molecular flexibility index (Phi) is 4.86. The predicted molar refractivity (Wildman–Crippen MR) is 78.1 cm³/mol. The summed E-state index contributed by atoms with van der Waals surface area (Å²) in [6, 6.07) is 1.86. The van der Waals surface area contributed by atoms with Gasteiger partial charge in [-0.1, -0.05) is 19.8 Å². The molecule has 0 aliphatic heterocycles. The van der Waals surface area contributed by atoms with Crippen LogP contribution in [0.1, 0.15) is 44.7 Å². The molecule has 0 aromatic carbocycles. The van der Waals surface area contributed by atoms with E-state index in [-0.39, 0.29) is 5.54 Å². The molecule has 4 nitrogen and oxygen atoms in total. The lowest BCUT2D eigenvalue weighted by atomic mass is 10.0. The number of aromatic nitrogens is 2. The third kappa shape index (κ3) is 3.72. The van der Waals surface area contributed by atoms with Gasteiger partial charge in [0.1, 0.15) is 0 Å². The fourth-order valence-corrected chi connectivity index (χ4v) is 2.79. The molecule has 1 heterocycles. The van der Waals surface area contributed by atoms with Gasteiger partial charge in [-0.15, -0.1) is 11.6 Å². The van der Waals surface area contributed by atoms with Crippen molar-refractivity contribution >= 4 is 17.5 Å². The van der Waals surface area contributed by atoms with Gasteiger partial charge in [0.25, 0.3) is 0 Å². The van der Waals surface area contributed by atoms with Crippen LogP contribution in [0, 0.1) is 6.92 Å². The number of nitrogens with one attached hydrogen (secondary N) is 1. The number of aryl methyl sites for hydroxylation is 1. The van der Waals surface area contributed by atoms with E-state index >= 15 is 0 Å². The van der Waals surface area contributed by atoms with Crippen LogP contribution in [0.5, 0.6) is 5.88 Å². The van der Waals surface area contributed by atoms with E-state index in [1.165, 1.54) is 12.8 Å². The van der Waals surface area contributed by atoms with Gasteiger partial charge in [0.15, 0.2) is 0 Å². The van der Waals surface area contributed by atoms with Gasteiger partial charge in [-0.2, -0.15) is 4.98 Å². The molecule has 1 fully saturated rings. The lowest BCUT2D eigenvalue weighted by Crippen LogP contribution is -2.37. The summed E-state index contributed by atoms with van der Waals surface area (Å²) in [7, 11) is 0. The predicted octanol–water partition coefficient (Wildman–Crippen LogP) is 3.54. The third-order valence-electron chi connectivity index (χ3n) is 3.48. The second kappa shape index (κ2) is 6.42. The molecule has 0 saturated heterocycles. The van der Waals surface area contributed by atoms with E-state index in [4.69, 9.17) is 16.3 Å². The van der Waals surface area contributed by atoms with E-state index in [0.29, 0.717) is 24.3 Å². The molecular weight excluding hydrogens is 262 g/mol. The lowest BCUT2D eigenvalue weighted by Gasteiger charge is -2.28. The number of anilines is 1. The van der Waals surface area contributed by atoms with Crippen molar-refractivity contribution in [3.63, 3.8) is 0 Å². The maximum atomic E-state index is 6.13. The van der Waals surface area contributed by atoms with Crippen LogP contribution in [0.15, 0.2) is 6.07 Å². The summed E-state index contributed by atoms with van der Waals surface area (Å²) in [5.74, 6) is 1.86. The van der Waals surface area contributed by atoms with Crippen LogP contribution in [-0.4, -0.2) is 28.0 Å². The summed E-state index contributed by atoms with van der Waals surface area (Å²) in [6.07, 6.45) is 5.56. The van der Waals surface area contributed by atoms with Crippen molar-refractivity contribution in [3.05, 3.63) is 11.8 Å². The van der Waals surface area contributed by atoms with Crippen molar-refractivity contribution in [2.75, 3.05) is 17.8 Å². The molecule has 1 aromatic rings. The first-order chi connectivity index (χ1) is 9.17. The molecule has 2 rings (SSSR count). The second-order valence-electron chi connectivity index (χ2n) is 5.27. The highest BCUT2D eigenvalue weighted by Crippen LogP contribution is 2.33. The average molecular weight is 284 g/mol. The highest BCUT2D eigenvalue weighted by atomic mass is 35.5. The van der Waals surface area contributed by atoms with Gasteiger partial charge in [-0.25, -0.2) is 4.98 Å². The molecule has 1 aliphatic carbocycles. The number of halogens is 1. The Morgan fingerprint density at radius 3 is 2.74 bits per heavy atom. The molecule has 1 aliphatic rings. The summed E-state index contributed by atoms with van der Waals surface area (Å²) >= 11 is 6.13. The summed E-state index contributed by atoms with van der Waals surface area (Å²) < 4.78 is 5.58. The highest BCUT2D eigenvalue weighted by molar-refractivity contribution is 6.18. The van der Waals surface area contributed by atoms with Crippen LogP contribution in [0.4, 0.5) is 5.95 Å². The van der Waals surface area contributed by atoms with Crippen LogP contribution >= 0.6 is 11.6 Å². The summed E-state index contributed by atoms with van der Waals surface area (Å²) in [5, 5.41) is 3.43. The summed E-state index contributed by atoms with van der Waals surface area (Å²) in [5.41, 5.74) is 0.864. The fourth-order valence-electron chi connectivity index (χ4n) is 2.46. The molecule has 1 N–H and O–H groups in total. The van der Waals surface area contributed by atoms with Gasteiger partial charge in [-0.05, 0) is 26.2 Å². The zero-order valence-electron chi connectivity index (χ0n) is 11.7. The first kappa shape index (κ1) is 14.4. The number of ether oxygens (including phenoxy) is 1. The molecule has 0 radical (unpaired) electrons. The van der Waals surface area contributed by atoms with E-state index < -0.39 is 0 Å². The molecule has 1 saturated carbocycles. The summed E-state index contributed by atoms with van der Waals surface area (Å²) in [6.45, 7) is 4.71. The van der Waals surface area contributed by atoms with Gasteiger partial charge in [0.2, 0.25) is 11.8 Å². The Bertz CT molecular complexity index is 419. The Morgan fingerprint density at radius 1 is 1.37 bits per heavy atom. The van der Waals surface area contributed by atoms with Crippen LogP contribution in [0.3, 0.4) is 0 Å². The number of hydrogen-bond acceptors (Lipinski definition) is 4. The zero-order valence-corrected chi connectivity index (χ0v) is 12.5. The van der Waals surface area contributed by atoms with Crippen molar-refractivity contribution in [1.29, 1.82) is 0 Å². The highest BCUT2D eigenvalue weighted by Gasteiger charge is 2.33. The minimum absolute atomic E-state index is 0.0443. The Labute approximate surface area is 119 Å². The monoisotopic (exact) mass is 283 g/mol. The van der Waals surface area contributed by atoms with Gasteiger partial charge < -0.3 is 10.1 Å². The Morgan fingerprint density at radius 2 is 2.11 bits per heavy atom. The van der Waals surface area contributed by atoms with E-state index in [1.807, 2.05) is 13.0 Å². The van der Waals surface area contributed by atoms with Crippen LogP contribution in [0.2, 0.25) is 0 Å². The molecule has 5 heteroatoms. The Hall–Kier alpha value is -1.03. The van der Waals surface area contributed by atoms with Gasteiger partial charge in [-0.3, -0.25) is 0 Å². The molecule has 0 amide bonds.